The highest BCUT2D eigenvalue weighted by Gasteiger charge is 2.23. The van der Waals surface area contributed by atoms with E-state index in [-0.39, 0.29) is 4.90 Å². The zero-order chi connectivity index (χ0) is 23.6. The predicted molar refractivity (Wildman–Crippen MR) is 126 cm³/mol. The quantitative estimate of drug-likeness (QED) is 0.317. The van der Waals surface area contributed by atoms with Crippen LogP contribution in [0.4, 0.5) is 11.4 Å². The summed E-state index contributed by atoms with van der Waals surface area (Å²) in [6.07, 6.45) is 1.88. The van der Waals surface area contributed by atoms with Crippen molar-refractivity contribution in [2.45, 2.75) is 31.7 Å². The maximum atomic E-state index is 12.5. The summed E-state index contributed by atoms with van der Waals surface area (Å²) in [6.45, 7) is 5.23. The van der Waals surface area contributed by atoms with Gasteiger partial charge in [-0.3, -0.25) is 0 Å². The van der Waals surface area contributed by atoms with E-state index in [1.807, 2.05) is 38.2 Å². The number of ether oxygens (including phenoxy) is 1. The minimum atomic E-state index is -3.84. The molecule has 0 aliphatic heterocycles. The molecule has 2 aromatic heterocycles. The van der Waals surface area contributed by atoms with Gasteiger partial charge in [-0.25, -0.2) is 17.7 Å². The number of aromatic nitrogens is 2. The normalized spacial score (nSPS) is 12.5. The number of anilines is 2. The fraction of sp³-hybridized carbons (Fsp3) is 0.167. The van der Waals surface area contributed by atoms with Gasteiger partial charge in [-0.05, 0) is 69.3 Å². The van der Waals surface area contributed by atoms with Gasteiger partial charge >= 0.3 is 5.97 Å². The van der Waals surface area contributed by atoms with Crippen LogP contribution in [-0.2, 0) is 14.8 Å². The van der Waals surface area contributed by atoms with Crippen molar-refractivity contribution in [2.24, 2.45) is 0 Å². The molecule has 0 saturated heterocycles. The molecule has 9 heteroatoms. The maximum Gasteiger partial charge on any atom is 0.329 e. The van der Waals surface area contributed by atoms with E-state index in [2.05, 4.69) is 15.1 Å². The number of fused-ring (bicyclic) bond motifs is 1. The number of nitrogens with one attached hydrogen (secondary N) is 2. The average Bonchev–Trinajstić information content (AvgIpc) is 3.10. The Labute approximate surface area is 192 Å². The Morgan fingerprint density at radius 1 is 1.00 bits per heavy atom. The Morgan fingerprint density at radius 2 is 1.70 bits per heavy atom. The second kappa shape index (κ2) is 9.05. The SMILES string of the molecule is Cc1ccc(S(=O)(=O)N[C@@H](C)C(=O)Oc2ccc(Nc3c(C)nn4ccccc34)cc2)cc1. The molecule has 0 unspecified atom stereocenters. The molecule has 0 bridgehead atoms. The van der Waals surface area contributed by atoms with Gasteiger partial charge < -0.3 is 10.1 Å². The number of carbonyl (C=O) groups excluding carboxylic acids is 1. The summed E-state index contributed by atoms with van der Waals surface area (Å²) in [7, 11) is -3.84. The van der Waals surface area contributed by atoms with Gasteiger partial charge in [0.15, 0.2) is 0 Å². The molecule has 8 nitrogen and oxygen atoms in total. The first-order valence-electron chi connectivity index (χ1n) is 10.3. The Kier molecular flexibility index (Phi) is 6.17. The molecule has 1 atom stereocenters. The molecule has 2 heterocycles. The lowest BCUT2D eigenvalue weighted by Gasteiger charge is -2.14. The third-order valence-corrected chi connectivity index (χ3v) is 6.63. The summed E-state index contributed by atoms with van der Waals surface area (Å²) in [5.74, 6) is -0.395. The van der Waals surface area contributed by atoms with Gasteiger partial charge in [-0.1, -0.05) is 23.8 Å². The predicted octanol–water partition coefficient (Wildman–Crippen LogP) is 3.97. The summed E-state index contributed by atoms with van der Waals surface area (Å²) in [5, 5.41) is 7.81. The first-order chi connectivity index (χ1) is 15.7. The lowest BCUT2D eigenvalue weighted by molar-refractivity contribution is -0.135. The Balaban J connectivity index is 1.40. The van der Waals surface area contributed by atoms with Crippen molar-refractivity contribution in [3.05, 3.63) is 84.2 Å². The first kappa shape index (κ1) is 22.5. The molecule has 4 rings (SSSR count). The van der Waals surface area contributed by atoms with Gasteiger partial charge in [-0.15, -0.1) is 0 Å². The molecule has 33 heavy (non-hydrogen) atoms. The van der Waals surface area contributed by atoms with Crippen molar-refractivity contribution in [1.29, 1.82) is 0 Å². The highest BCUT2D eigenvalue weighted by Crippen LogP contribution is 2.26. The van der Waals surface area contributed by atoms with Crippen molar-refractivity contribution in [1.82, 2.24) is 14.3 Å². The number of benzene rings is 2. The van der Waals surface area contributed by atoms with E-state index in [0.29, 0.717) is 5.75 Å². The minimum Gasteiger partial charge on any atom is -0.425 e. The molecule has 0 spiro atoms. The Hall–Kier alpha value is -3.69. The van der Waals surface area contributed by atoms with Gasteiger partial charge in [0.25, 0.3) is 0 Å². The smallest absolute Gasteiger partial charge is 0.329 e. The summed E-state index contributed by atoms with van der Waals surface area (Å²) in [4.78, 5) is 12.5. The van der Waals surface area contributed by atoms with Crippen molar-refractivity contribution in [3.63, 3.8) is 0 Å². The second-order valence-electron chi connectivity index (χ2n) is 7.72. The number of pyridine rings is 1. The number of sulfonamides is 1. The van der Waals surface area contributed by atoms with Crippen LogP contribution in [0.15, 0.2) is 77.8 Å². The molecular formula is C24H24N4O4S. The number of aryl methyl sites for hydroxylation is 2. The number of esters is 1. The van der Waals surface area contributed by atoms with Gasteiger partial charge in [0, 0.05) is 11.9 Å². The average molecular weight is 465 g/mol. The van der Waals surface area contributed by atoms with Crippen LogP contribution in [0, 0.1) is 13.8 Å². The van der Waals surface area contributed by atoms with Crippen LogP contribution in [-0.4, -0.2) is 30.0 Å². The number of hydrogen-bond acceptors (Lipinski definition) is 6. The van der Waals surface area contributed by atoms with Crippen molar-refractivity contribution < 1.29 is 17.9 Å². The minimum absolute atomic E-state index is 0.0890. The van der Waals surface area contributed by atoms with Crippen LogP contribution in [0.25, 0.3) is 5.52 Å². The number of hydrogen-bond donors (Lipinski definition) is 2. The first-order valence-corrected chi connectivity index (χ1v) is 11.8. The number of nitrogens with zero attached hydrogens (tertiary/aromatic N) is 2. The van der Waals surface area contributed by atoms with E-state index in [1.54, 1.807) is 40.9 Å². The largest absolute Gasteiger partial charge is 0.425 e. The Bertz CT molecular complexity index is 1390. The summed E-state index contributed by atoms with van der Waals surface area (Å²) in [5.41, 5.74) is 4.42. The van der Waals surface area contributed by atoms with E-state index in [1.165, 1.54) is 19.1 Å². The molecule has 170 valence electrons. The zero-order valence-electron chi connectivity index (χ0n) is 18.4. The highest BCUT2D eigenvalue weighted by molar-refractivity contribution is 7.89. The van der Waals surface area contributed by atoms with Gasteiger partial charge in [0.1, 0.15) is 11.8 Å². The van der Waals surface area contributed by atoms with Crippen molar-refractivity contribution in [3.8, 4) is 5.75 Å². The van der Waals surface area contributed by atoms with E-state index >= 15 is 0 Å². The molecule has 0 aliphatic rings. The topological polar surface area (TPSA) is 102 Å². The third kappa shape index (κ3) is 5.05. The zero-order valence-corrected chi connectivity index (χ0v) is 19.3. The summed E-state index contributed by atoms with van der Waals surface area (Å²) >= 11 is 0. The molecular weight excluding hydrogens is 440 g/mol. The molecule has 0 fully saturated rings. The number of rotatable bonds is 7. The van der Waals surface area contributed by atoms with Crippen LogP contribution >= 0.6 is 0 Å². The van der Waals surface area contributed by atoms with Gasteiger partial charge in [0.05, 0.1) is 21.8 Å². The molecule has 4 aromatic rings. The molecule has 0 aliphatic carbocycles. The number of carbonyl (C=O) groups is 1. The van der Waals surface area contributed by atoms with E-state index in [9.17, 15) is 13.2 Å². The summed E-state index contributed by atoms with van der Waals surface area (Å²) in [6, 6.07) is 18.0. The lowest BCUT2D eigenvalue weighted by Crippen LogP contribution is -2.40. The van der Waals surface area contributed by atoms with Crippen LogP contribution in [0.1, 0.15) is 18.2 Å². The van der Waals surface area contributed by atoms with Crippen LogP contribution < -0.4 is 14.8 Å². The van der Waals surface area contributed by atoms with Crippen LogP contribution in [0.2, 0.25) is 0 Å². The second-order valence-corrected chi connectivity index (χ2v) is 9.43. The van der Waals surface area contributed by atoms with E-state index in [4.69, 9.17) is 4.74 Å². The monoisotopic (exact) mass is 464 g/mol. The highest BCUT2D eigenvalue weighted by atomic mass is 32.2. The molecule has 0 amide bonds. The molecule has 2 N–H and O–H groups in total. The van der Waals surface area contributed by atoms with Gasteiger partial charge in [0.2, 0.25) is 10.0 Å². The summed E-state index contributed by atoms with van der Waals surface area (Å²) < 4.78 is 34.5. The van der Waals surface area contributed by atoms with Crippen LogP contribution in [0.5, 0.6) is 5.75 Å². The maximum absolute atomic E-state index is 12.5. The van der Waals surface area contributed by atoms with Crippen molar-refractivity contribution >= 4 is 32.9 Å². The van der Waals surface area contributed by atoms with Crippen LogP contribution in [0.3, 0.4) is 0 Å². The fourth-order valence-corrected chi connectivity index (χ4v) is 4.48. The molecule has 0 radical (unpaired) electrons. The lowest BCUT2D eigenvalue weighted by atomic mass is 10.2. The van der Waals surface area contributed by atoms with E-state index in [0.717, 1.165) is 28.1 Å². The molecule has 0 saturated carbocycles. The third-order valence-electron chi connectivity index (χ3n) is 5.07. The van der Waals surface area contributed by atoms with Crippen molar-refractivity contribution in [2.75, 3.05) is 5.32 Å². The van der Waals surface area contributed by atoms with Gasteiger partial charge in [-0.2, -0.15) is 9.82 Å². The van der Waals surface area contributed by atoms with E-state index < -0.39 is 22.0 Å². The standard InChI is InChI=1S/C24H24N4O4S/c1-16-7-13-21(14-8-16)33(30,31)27-18(3)24(29)32-20-11-9-19(10-12-20)25-23-17(2)26-28-15-5-4-6-22(23)28/h4-15,18,25,27H,1-3H3/t18-/m0/s1. The molecule has 2 aromatic carbocycles. The fourth-order valence-electron chi connectivity index (χ4n) is 3.29. The Morgan fingerprint density at radius 3 is 2.39 bits per heavy atom.